The van der Waals surface area contributed by atoms with E-state index in [1.165, 1.54) is 18.2 Å². The lowest BCUT2D eigenvalue weighted by Crippen LogP contribution is -2.06. The van der Waals surface area contributed by atoms with E-state index in [2.05, 4.69) is 4.98 Å². The molecule has 1 aromatic rings. The number of aromatic nitrogens is 1. The minimum Gasteiger partial charge on any atom is -0.478 e. The number of nitrogens with zero attached hydrogens (tertiary/aromatic N) is 1. The summed E-state index contributed by atoms with van der Waals surface area (Å²) in [6.07, 6.45) is 2.59. The Labute approximate surface area is 104 Å². The van der Waals surface area contributed by atoms with Gasteiger partial charge < -0.3 is 15.6 Å². The van der Waals surface area contributed by atoms with E-state index in [9.17, 15) is 9.59 Å². The van der Waals surface area contributed by atoms with Gasteiger partial charge in [0.15, 0.2) is 0 Å². The lowest BCUT2D eigenvalue weighted by Gasteiger charge is -2.05. The molecule has 0 aliphatic carbocycles. The average molecular weight is 250 g/mol. The Morgan fingerprint density at radius 1 is 1.56 bits per heavy atom. The molecule has 0 bridgehead atoms. The monoisotopic (exact) mass is 250 g/mol. The first-order chi connectivity index (χ1) is 8.45. The number of pyridine rings is 1. The number of nitrogen functional groups attached to an aromatic ring is 1. The highest BCUT2D eigenvalue weighted by atomic mass is 16.5. The summed E-state index contributed by atoms with van der Waals surface area (Å²) < 4.78 is 4.71. The van der Waals surface area contributed by atoms with Gasteiger partial charge in [-0.3, -0.25) is 4.98 Å². The zero-order valence-electron chi connectivity index (χ0n) is 10.1. The van der Waals surface area contributed by atoms with Crippen molar-refractivity contribution in [2.45, 2.75) is 13.8 Å². The second kappa shape index (κ2) is 5.81. The van der Waals surface area contributed by atoms with Crippen molar-refractivity contribution in [3.63, 3.8) is 0 Å². The van der Waals surface area contributed by atoms with Crippen molar-refractivity contribution in [1.82, 2.24) is 4.98 Å². The van der Waals surface area contributed by atoms with Gasteiger partial charge in [-0.05, 0) is 26.0 Å². The van der Waals surface area contributed by atoms with Crippen molar-refractivity contribution in [2.75, 3.05) is 12.3 Å². The van der Waals surface area contributed by atoms with Gasteiger partial charge in [0.05, 0.1) is 29.2 Å². The predicted molar refractivity (Wildman–Crippen MR) is 66.0 cm³/mol. The van der Waals surface area contributed by atoms with Crippen LogP contribution in [0.5, 0.6) is 0 Å². The molecular weight excluding hydrogens is 236 g/mol. The van der Waals surface area contributed by atoms with E-state index in [0.717, 1.165) is 0 Å². The molecule has 6 heteroatoms. The summed E-state index contributed by atoms with van der Waals surface area (Å²) >= 11 is 0. The maximum atomic E-state index is 11.1. The summed E-state index contributed by atoms with van der Waals surface area (Å²) in [6, 6.07) is 1.31. The minimum absolute atomic E-state index is 0.0424. The fourth-order valence-corrected chi connectivity index (χ4v) is 1.33. The van der Waals surface area contributed by atoms with Crippen LogP contribution in [0.2, 0.25) is 0 Å². The van der Waals surface area contributed by atoms with Crippen LogP contribution in [0.3, 0.4) is 0 Å². The fraction of sp³-hybridized carbons (Fsp3) is 0.250. The average Bonchev–Trinajstić information content (AvgIpc) is 2.29. The van der Waals surface area contributed by atoms with Crippen LogP contribution in [0.15, 0.2) is 12.1 Å². The van der Waals surface area contributed by atoms with Gasteiger partial charge in [0.1, 0.15) is 0 Å². The molecule has 0 aromatic carbocycles. The van der Waals surface area contributed by atoms with E-state index in [4.69, 9.17) is 15.6 Å². The number of ether oxygens (including phenoxy) is 1. The molecule has 0 aliphatic heterocycles. The van der Waals surface area contributed by atoms with Crippen LogP contribution < -0.4 is 5.73 Å². The molecule has 18 heavy (non-hydrogen) atoms. The largest absolute Gasteiger partial charge is 0.478 e. The van der Waals surface area contributed by atoms with Crippen LogP contribution in [0, 0.1) is 6.92 Å². The van der Waals surface area contributed by atoms with Crippen LogP contribution in [-0.2, 0) is 9.53 Å². The van der Waals surface area contributed by atoms with E-state index in [0.29, 0.717) is 11.4 Å². The summed E-state index contributed by atoms with van der Waals surface area (Å²) in [7, 11) is 0. The number of carbonyl (C=O) groups excluding carboxylic acids is 1. The van der Waals surface area contributed by atoms with E-state index < -0.39 is 11.9 Å². The van der Waals surface area contributed by atoms with Crippen LogP contribution >= 0.6 is 0 Å². The van der Waals surface area contributed by atoms with Gasteiger partial charge in [0.25, 0.3) is 0 Å². The molecule has 1 rings (SSSR count). The third-order valence-electron chi connectivity index (χ3n) is 2.17. The molecular formula is C12H14N2O4. The van der Waals surface area contributed by atoms with Crippen molar-refractivity contribution in [2.24, 2.45) is 0 Å². The summed E-state index contributed by atoms with van der Waals surface area (Å²) in [5.41, 5.74) is 6.57. The lowest BCUT2D eigenvalue weighted by molar-refractivity contribution is -0.137. The maximum absolute atomic E-state index is 11.1. The number of carboxylic acids is 1. The van der Waals surface area contributed by atoms with E-state index in [1.54, 1.807) is 13.8 Å². The number of aryl methyl sites for hydroxylation is 1. The van der Waals surface area contributed by atoms with Gasteiger partial charge in [0, 0.05) is 6.08 Å². The van der Waals surface area contributed by atoms with Crippen LogP contribution in [-0.4, -0.2) is 28.6 Å². The van der Waals surface area contributed by atoms with E-state index >= 15 is 0 Å². The van der Waals surface area contributed by atoms with Gasteiger partial charge in [0.2, 0.25) is 0 Å². The molecule has 0 aliphatic rings. The minimum atomic E-state index is -1.09. The molecule has 0 unspecified atom stereocenters. The number of anilines is 1. The first-order valence-corrected chi connectivity index (χ1v) is 5.31. The number of hydrogen-bond acceptors (Lipinski definition) is 5. The van der Waals surface area contributed by atoms with Crippen molar-refractivity contribution in [3.8, 4) is 0 Å². The molecule has 0 spiro atoms. The predicted octanol–water partition coefficient (Wildman–Crippen LogP) is 1.25. The Balaban J connectivity index is 3.02. The third kappa shape index (κ3) is 3.31. The first kappa shape index (κ1) is 13.7. The standard InChI is InChI=1S/C12H14N2O4/c1-3-18-11(15)5-4-10-9(13)6-8(12(16)17)7(2)14-10/h4-6H,3,13H2,1-2H3,(H,16,17). The molecule has 6 nitrogen and oxygen atoms in total. The van der Waals surface area contributed by atoms with Crippen molar-refractivity contribution in [1.29, 1.82) is 0 Å². The van der Waals surface area contributed by atoms with Crippen molar-refractivity contribution in [3.05, 3.63) is 29.1 Å². The SMILES string of the molecule is CCOC(=O)C=Cc1nc(C)c(C(=O)O)cc1N. The number of hydrogen-bond donors (Lipinski definition) is 2. The van der Waals surface area contributed by atoms with Crippen LogP contribution in [0.1, 0.15) is 28.7 Å². The molecule has 1 heterocycles. The molecule has 1 aromatic heterocycles. The number of nitrogens with two attached hydrogens (primary N) is 1. The third-order valence-corrected chi connectivity index (χ3v) is 2.17. The molecule has 0 atom stereocenters. The summed E-state index contributed by atoms with van der Waals surface area (Å²) in [6.45, 7) is 3.54. The van der Waals surface area contributed by atoms with Crippen molar-refractivity contribution >= 4 is 23.7 Å². The Hall–Kier alpha value is -2.37. The number of carbonyl (C=O) groups is 2. The Morgan fingerprint density at radius 3 is 2.78 bits per heavy atom. The van der Waals surface area contributed by atoms with Gasteiger partial charge in [-0.1, -0.05) is 0 Å². The molecule has 96 valence electrons. The topological polar surface area (TPSA) is 103 Å². The van der Waals surface area contributed by atoms with Crippen LogP contribution in [0.4, 0.5) is 5.69 Å². The molecule has 3 N–H and O–H groups in total. The van der Waals surface area contributed by atoms with Gasteiger partial charge in [-0.25, -0.2) is 9.59 Å². The Morgan fingerprint density at radius 2 is 2.22 bits per heavy atom. The molecule has 0 radical (unpaired) electrons. The zero-order valence-corrected chi connectivity index (χ0v) is 10.1. The molecule has 0 saturated carbocycles. The Bertz CT molecular complexity index is 509. The van der Waals surface area contributed by atoms with E-state index in [1.807, 2.05) is 0 Å². The number of aromatic carboxylic acids is 1. The van der Waals surface area contributed by atoms with Crippen molar-refractivity contribution < 1.29 is 19.4 Å². The highest BCUT2D eigenvalue weighted by Gasteiger charge is 2.11. The highest BCUT2D eigenvalue weighted by Crippen LogP contribution is 2.16. The zero-order chi connectivity index (χ0) is 13.7. The number of carboxylic acid groups (broad SMARTS) is 1. The molecule has 0 amide bonds. The quantitative estimate of drug-likeness (QED) is 0.615. The second-order valence-electron chi connectivity index (χ2n) is 3.49. The maximum Gasteiger partial charge on any atom is 0.337 e. The summed E-state index contributed by atoms with van der Waals surface area (Å²) in [5.74, 6) is -1.59. The van der Waals surface area contributed by atoms with Gasteiger partial charge in [-0.15, -0.1) is 0 Å². The van der Waals surface area contributed by atoms with Gasteiger partial charge >= 0.3 is 11.9 Å². The number of esters is 1. The second-order valence-corrected chi connectivity index (χ2v) is 3.49. The summed E-state index contributed by atoms with van der Waals surface area (Å²) in [5, 5.41) is 8.88. The Kier molecular flexibility index (Phi) is 4.42. The molecule has 0 saturated heterocycles. The first-order valence-electron chi connectivity index (χ1n) is 5.31. The van der Waals surface area contributed by atoms with E-state index in [-0.39, 0.29) is 17.9 Å². The smallest absolute Gasteiger partial charge is 0.337 e. The van der Waals surface area contributed by atoms with Crippen LogP contribution in [0.25, 0.3) is 6.08 Å². The lowest BCUT2D eigenvalue weighted by atomic mass is 10.1. The highest BCUT2D eigenvalue weighted by molar-refractivity contribution is 5.91. The number of rotatable bonds is 4. The normalized spacial score (nSPS) is 10.6. The fourth-order valence-electron chi connectivity index (χ4n) is 1.33. The molecule has 0 fully saturated rings. The summed E-state index contributed by atoms with van der Waals surface area (Å²) in [4.78, 5) is 26.0. The van der Waals surface area contributed by atoms with Gasteiger partial charge in [-0.2, -0.15) is 0 Å².